The summed E-state index contributed by atoms with van der Waals surface area (Å²) in [6.45, 7) is 1.42. The summed E-state index contributed by atoms with van der Waals surface area (Å²) >= 11 is 0. The van der Waals surface area contributed by atoms with E-state index in [0.29, 0.717) is 30.5 Å². The number of fused-ring (bicyclic) bond motifs is 1. The van der Waals surface area contributed by atoms with E-state index < -0.39 is 0 Å². The van der Waals surface area contributed by atoms with Gasteiger partial charge in [-0.05, 0) is 34.9 Å². The highest BCUT2D eigenvalue weighted by Gasteiger charge is 2.17. The average molecular weight is 480 g/mol. The first kappa shape index (κ1) is 23.3. The summed E-state index contributed by atoms with van der Waals surface area (Å²) in [5, 5.41) is 8.40. The van der Waals surface area contributed by atoms with Crippen molar-refractivity contribution < 1.29 is 13.9 Å². The Bertz CT molecular complexity index is 1530. The van der Waals surface area contributed by atoms with Crippen LogP contribution in [-0.4, -0.2) is 15.7 Å². The predicted molar refractivity (Wildman–Crippen MR) is 136 cm³/mol. The van der Waals surface area contributed by atoms with Gasteiger partial charge in [0.1, 0.15) is 12.4 Å². The van der Waals surface area contributed by atoms with Gasteiger partial charge in [0.25, 0.3) is 11.5 Å². The minimum absolute atomic E-state index is 0.221. The number of nitrogens with one attached hydrogen (secondary N) is 1. The number of hydrogen-bond acceptors (Lipinski definition) is 5. The number of ether oxygens (including phenoxy) is 1. The van der Waals surface area contributed by atoms with Crippen molar-refractivity contribution >= 4 is 16.7 Å². The molecule has 7 nitrogen and oxygen atoms in total. The van der Waals surface area contributed by atoms with Crippen molar-refractivity contribution in [1.82, 2.24) is 15.1 Å². The largest absolute Gasteiger partial charge is 0.467 e. The molecule has 0 aliphatic heterocycles. The van der Waals surface area contributed by atoms with Crippen LogP contribution in [0.5, 0.6) is 0 Å². The van der Waals surface area contributed by atoms with Crippen molar-refractivity contribution in [3.05, 3.63) is 136 Å². The van der Waals surface area contributed by atoms with Gasteiger partial charge >= 0.3 is 0 Å². The van der Waals surface area contributed by atoms with Gasteiger partial charge in [-0.3, -0.25) is 9.59 Å². The van der Waals surface area contributed by atoms with Gasteiger partial charge in [-0.1, -0.05) is 72.8 Å². The van der Waals surface area contributed by atoms with E-state index in [4.69, 9.17) is 9.15 Å². The Kier molecular flexibility index (Phi) is 7.00. The van der Waals surface area contributed by atoms with Gasteiger partial charge in [0.15, 0.2) is 5.69 Å². The van der Waals surface area contributed by atoms with Crippen LogP contribution in [0.25, 0.3) is 10.8 Å². The molecule has 0 saturated heterocycles. The topological polar surface area (TPSA) is 86.4 Å². The second kappa shape index (κ2) is 10.8. The Hall–Kier alpha value is -4.49. The van der Waals surface area contributed by atoms with E-state index >= 15 is 0 Å². The van der Waals surface area contributed by atoms with E-state index in [2.05, 4.69) is 10.4 Å². The van der Waals surface area contributed by atoms with Crippen LogP contribution < -0.4 is 10.9 Å². The normalized spacial score (nSPS) is 11.0. The van der Waals surface area contributed by atoms with Crippen LogP contribution >= 0.6 is 0 Å². The van der Waals surface area contributed by atoms with Crippen LogP contribution in [0.4, 0.5) is 0 Å². The quantitative estimate of drug-likeness (QED) is 0.332. The monoisotopic (exact) mass is 479 g/mol. The van der Waals surface area contributed by atoms with E-state index in [1.165, 1.54) is 4.68 Å². The molecule has 0 radical (unpaired) electrons. The third kappa shape index (κ3) is 5.42. The molecule has 5 aromatic rings. The third-order valence-electron chi connectivity index (χ3n) is 5.80. The molecule has 2 heterocycles. The highest BCUT2D eigenvalue weighted by molar-refractivity contribution is 6.04. The van der Waals surface area contributed by atoms with E-state index in [-0.39, 0.29) is 23.7 Å². The van der Waals surface area contributed by atoms with Gasteiger partial charge in [0.05, 0.1) is 24.8 Å². The van der Waals surface area contributed by atoms with Crippen LogP contribution in [0.15, 0.2) is 106 Å². The van der Waals surface area contributed by atoms with Crippen molar-refractivity contribution in [2.24, 2.45) is 0 Å². The SMILES string of the molecule is O=C(NCc1cccc(COCc2ccco2)c1)c1nn(Cc2ccccc2)c(=O)c2ccccc12. The van der Waals surface area contributed by atoms with Crippen molar-refractivity contribution in [3.8, 4) is 0 Å². The molecule has 0 bridgehead atoms. The third-order valence-corrected chi connectivity index (χ3v) is 5.80. The van der Waals surface area contributed by atoms with Crippen molar-refractivity contribution in [3.63, 3.8) is 0 Å². The van der Waals surface area contributed by atoms with Gasteiger partial charge in [-0.2, -0.15) is 5.10 Å². The number of furan rings is 1. The van der Waals surface area contributed by atoms with Crippen LogP contribution in [-0.2, 0) is 31.0 Å². The Labute approximate surface area is 208 Å². The molecule has 0 spiro atoms. The lowest BCUT2D eigenvalue weighted by molar-refractivity contribution is 0.0928. The number of carbonyl (C=O) groups excluding carboxylic acids is 1. The molecule has 1 amide bonds. The highest BCUT2D eigenvalue weighted by atomic mass is 16.5. The summed E-state index contributed by atoms with van der Waals surface area (Å²) in [6.07, 6.45) is 1.62. The summed E-state index contributed by atoms with van der Waals surface area (Å²) in [5.74, 6) is 0.430. The molecule has 3 aromatic carbocycles. The number of nitrogens with zero attached hydrogens (tertiary/aromatic N) is 2. The van der Waals surface area contributed by atoms with E-state index in [0.717, 1.165) is 22.5 Å². The molecular formula is C29H25N3O4. The molecule has 180 valence electrons. The summed E-state index contributed by atoms with van der Waals surface area (Å²) in [6, 6.07) is 28.2. The second-order valence-electron chi connectivity index (χ2n) is 8.42. The molecule has 36 heavy (non-hydrogen) atoms. The molecule has 7 heteroatoms. The summed E-state index contributed by atoms with van der Waals surface area (Å²) in [7, 11) is 0. The molecule has 0 atom stereocenters. The first-order chi connectivity index (χ1) is 17.7. The summed E-state index contributed by atoms with van der Waals surface area (Å²) in [5.41, 5.74) is 2.85. The lowest BCUT2D eigenvalue weighted by Gasteiger charge is -2.12. The molecule has 1 N–H and O–H groups in total. The lowest BCUT2D eigenvalue weighted by Crippen LogP contribution is -2.30. The first-order valence-corrected chi connectivity index (χ1v) is 11.7. The fourth-order valence-electron chi connectivity index (χ4n) is 4.03. The van der Waals surface area contributed by atoms with E-state index in [1.54, 1.807) is 30.5 Å². The lowest BCUT2D eigenvalue weighted by atomic mass is 10.1. The van der Waals surface area contributed by atoms with Gasteiger partial charge in [0, 0.05) is 11.9 Å². The van der Waals surface area contributed by atoms with Crippen LogP contribution in [0.3, 0.4) is 0 Å². The average Bonchev–Trinajstić information content (AvgIpc) is 3.43. The molecule has 0 fully saturated rings. The first-order valence-electron chi connectivity index (χ1n) is 11.7. The maximum atomic E-state index is 13.2. The fourth-order valence-corrected chi connectivity index (χ4v) is 4.03. The maximum absolute atomic E-state index is 13.2. The number of aromatic nitrogens is 2. The van der Waals surface area contributed by atoms with Crippen molar-refractivity contribution in [2.75, 3.05) is 0 Å². The Morgan fingerprint density at radius 1 is 0.833 bits per heavy atom. The summed E-state index contributed by atoms with van der Waals surface area (Å²) < 4.78 is 12.3. The molecule has 0 aliphatic carbocycles. The number of carbonyl (C=O) groups is 1. The van der Waals surface area contributed by atoms with Gasteiger partial charge < -0.3 is 14.5 Å². The second-order valence-corrected chi connectivity index (χ2v) is 8.42. The van der Waals surface area contributed by atoms with Crippen molar-refractivity contribution in [2.45, 2.75) is 26.3 Å². The van der Waals surface area contributed by atoms with Crippen LogP contribution in [0, 0.1) is 0 Å². The fraction of sp³-hybridized carbons (Fsp3) is 0.138. The minimum Gasteiger partial charge on any atom is -0.467 e. The molecule has 2 aromatic heterocycles. The van der Waals surface area contributed by atoms with E-state index in [1.807, 2.05) is 66.7 Å². The predicted octanol–water partition coefficient (Wildman–Crippen LogP) is 4.68. The van der Waals surface area contributed by atoms with Crippen LogP contribution in [0.2, 0.25) is 0 Å². The summed E-state index contributed by atoms with van der Waals surface area (Å²) in [4.78, 5) is 26.2. The zero-order chi connectivity index (χ0) is 24.7. The van der Waals surface area contributed by atoms with Crippen molar-refractivity contribution in [1.29, 1.82) is 0 Å². The molecule has 0 saturated carbocycles. The number of hydrogen-bond donors (Lipinski definition) is 1. The van der Waals surface area contributed by atoms with E-state index in [9.17, 15) is 9.59 Å². The molecule has 0 aliphatic rings. The van der Waals surface area contributed by atoms with Gasteiger partial charge in [-0.15, -0.1) is 0 Å². The molecule has 0 unspecified atom stereocenters. The van der Waals surface area contributed by atoms with Gasteiger partial charge in [-0.25, -0.2) is 4.68 Å². The van der Waals surface area contributed by atoms with Gasteiger partial charge in [0.2, 0.25) is 0 Å². The Morgan fingerprint density at radius 2 is 1.58 bits per heavy atom. The Balaban J connectivity index is 1.31. The number of benzene rings is 3. The maximum Gasteiger partial charge on any atom is 0.274 e. The smallest absolute Gasteiger partial charge is 0.274 e. The highest BCUT2D eigenvalue weighted by Crippen LogP contribution is 2.15. The number of rotatable bonds is 9. The zero-order valence-electron chi connectivity index (χ0n) is 19.6. The standard InChI is InChI=1S/C29H25N3O4/c33-28(30-17-22-10-6-11-23(16-22)19-35-20-24-12-7-15-36-24)27-25-13-4-5-14-26(25)29(34)32(31-27)18-21-8-2-1-3-9-21/h1-16H,17-20H2,(H,30,33). The molecule has 5 rings (SSSR count). The Morgan fingerprint density at radius 3 is 2.39 bits per heavy atom. The van der Waals surface area contributed by atoms with Crippen LogP contribution in [0.1, 0.15) is 32.9 Å². The molecular weight excluding hydrogens is 454 g/mol. The zero-order valence-corrected chi connectivity index (χ0v) is 19.6. The number of amides is 1. The minimum atomic E-state index is -0.340.